The molecule has 1 saturated heterocycles. The number of fused-ring (bicyclic) bond motifs is 1. The summed E-state index contributed by atoms with van der Waals surface area (Å²) in [6, 6.07) is 5.09. The molecule has 2 aliphatic rings. The third-order valence-corrected chi connectivity index (χ3v) is 5.17. The van der Waals surface area contributed by atoms with Crippen LogP contribution >= 0.6 is 0 Å². The van der Waals surface area contributed by atoms with Crippen molar-refractivity contribution in [1.29, 1.82) is 0 Å². The highest BCUT2D eigenvalue weighted by Crippen LogP contribution is 2.32. The molecule has 1 unspecified atom stereocenters. The van der Waals surface area contributed by atoms with E-state index in [9.17, 15) is 13.2 Å². The highest BCUT2D eigenvalue weighted by Gasteiger charge is 2.28. The van der Waals surface area contributed by atoms with Gasteiger partial charge in [0.05, 0.1) is 11.5 Å². The number of nitrogens with one attached hydrogen (secondary N) is 1. The number of benzene rings is 1. The fourth-order valence-electron chi connectivity index (χ4n) is 2.35. The second-order valence-electron chi connectivity index (χ2n) is 5.05. The van der Waals surface area contributed by atoms with Gasteiger partial charge in [0.1, 0.15) is 0 Å². The Balaban J connectivity index is 1.60. The molecule has 0 spiro atoms. The predicted octanol–water partition coefficient (Wildman–Crippen LogP) is 0.732. The van der Waals surface area contributed by atoms with Crippen LogP contribution in [0.15, 0.2) is 24.3 Å². The molecule has 0 bridgehead atoms. The first kappa shape index (κ1) is 13.9. The molecule has 2 heterocycles. The summed E-state index contributed by atoms with van der Waals surface area (Å²) in [6.45, 7) is 0.207. The molecule has 7 heteroatoms. The Morgan fingerprint density at radius 2 is 2.10 bits per heavy atom. The highest BCUT2D eigenvalue weighted by molar-refractivity contribution is 7.91. The molecule has 1 aromatic carbocycles. The van der Waals surface area contributed by atoms with Crippen LogP contribution in [0, 0.1) is 0 Å². The minimum absolute atomic E-state index is 0.0244. The molecule has 6 nitrogen and oxygen atoms in total. The maximum Gasteiger partial charge on any atom is 0.244 e. The zero-order valence-electron chi connectivity index (χ0n) is 11.2. The number of hydrogen-bond acceptors (Lipinski definition) is 5. The van der Waals surface area contributed by atoms with Crippen molar-refractivity contribution >= 4 is 21.8 Å². The maximum atomic E-state index is 11.8. The molecule has 0 saturated carbocycles. The molecule has 1 N–H and O–H groups in total. The van der Waals surface area contributed by atoms with Crippen molar-refractivity contribution in [3.8, 4) is 11.5 Å². The molecule has 0 aliphatic carbocycles. The van der Waals surface area contributed by atoms with E-state index in [-0.39, 0.29) is 30.2 Å². The zero-order valence-corrected chi connectivity index (χ0v) is 12.1. The van der Waals surface area contributed by atoms with Gasteiger partial charge in [-0.25, -0.2) is 8.42 Å². The van der Waals surface area contributed by atoms with Gasteiger partial charge in [0.25, 0.3) is 0 Å². The molecule has 0 radical (unpaired) electrons. The summed E-state index contributed by atoms with van der Waals surface area (Å²) in [4.78, 5) is 11.8. The van der Waals surface area contributed by atoms with E-state index in [4.69, 9.17) is 9.47 Å². The van der Waals surface area contributed by atoms with Crippen molar-refractivity contribution in [3.05, 3.63) is 29.8 Å². The molecule has 2 aliphatic heterocycles. The fraction of sp³-hybridized carbons (Fsp3) is 0.357. The number of rotatable bonds is 3. The lowest BCUT2D eigenvalue weighted by Gasteiger charge is -2.07. The van der Waals surface area contributed by atoms with Crippen molar-refractivity contribution in [2.24, 2.45) is 0 Å². The number of carbonyl (C=O) groups excluding carboxylic acids is 1. The minimum atomic E-state index is -2.98. The lowest BCUT2D eigenvalue weighted by atomic mass is 10.2. The van der Waals surface area contributed by atoms with Crippen LogP contribution in [0.2, 0.25) is 0 Å². The van der Waals surface area contributed by atoms with E-state index in [0.29, 0.717) is 17.9 Å². The molecule has 112 valence electrons. The van der Waals surface area contributed by atoms with Crippen molar-refractivity contribution in [3.63, 3.8) is 0 Å². The monoisotopic (exact) mass is 309 g/mol. The zero-order chi connectivity index (χ0) is 14.9. The van der Waals surface area contributed by atoms with Gasteiger partial charge in [0.2, 0.25) is 12.7 Å². The third kappa shape index (κ3) is 3.36. The molecular weight excluding hydrogens is 294 g/mol. The number of sulfone groups is 1. The summed E-state index contributed by atoms with van der Waals surface area (Å²) in [5.74, 6) is 1.21. The SMILES string of the molecule is O=C(/C=C/c1ccc2c(c1)OCO2)NC1CCS(=O)(=O)C1. The number of hydrogen-bond donors (Lipinski definition) is 1. The number of amides is 1. The summed E-state index contributed by atoms with van der Waals surface area (Å²) in [5, 5.41) is 2.70. The highest BCUT2D eigenvalue weighted by atomic mass is 32.2. The smallest absolute Gasteiger partial charge is 0.244 e. The van der Waals surface area contributed by atoms with E-state index in [0.717, 1.165) is 5.56 Å². The maximum absolute atomic E-state index is 11.8. The second kappa shape index (κ2) is 5.40. The van der Waals surface area contributed by atoms with Crippen LogP contribution in [0.25, 0.3) is 6.08 Å². The molecular formula is C14H15NO5S. The first-order valence-electron chi connectivity index (χ1n) is 6.60. The summed E-state index contributed by atoms with van der Waals surface area (Å²) in [7, 11) is -2.98. The van der Waals surface area contributed by atoms with Crippen LogP contribution in [0.3, 0.4) is 0 Å². The van der Waals surface area contributed by atoms with Gasteiger partial charge in [-0.1, -0.05) is 6.07 Å². The normalized spacial score (nSPS) is 22.6. The van der Waals surface area contributed by atoms with Crippen molar-refractivity contribution in [2.45, 2.75) is 12.5 Å². The van der Waals surface area contributed by atoms with Crippen LogP contribution < -0.4 is 14.8 Å². The number of ether oxygens (including phenoxy) is 2. The minimum Gasteiger partial charge on any atom is -0.454 e. The molecule has 21 heavy (non-hydrogen) atoms. The Bertz CT molecular complexity index is 695. The predicted molar refractivity (Wildman–Crippen MR) is 76.8 cm³/mol. The topological polar surface area (TPSA) is 81.7 Å². The standard InChI is InChI=1S/C14H15NO5S/c16-14(15-11-5-6-21(17,18)8-11)4-2-10-1-3-12-13(7-10)20-9-19-12/h1-4,7,11H,5-6,8-9H2,(H,15,16)/b4-2+. The van der Waals surface area contributed by atoms with E-state index in [1.807, 2.05) is 6.07 Å². The molecule has 1 fully saturated rings. The van der Waals surface area contributed by atoms with Crippen molar-refractivity contribution in [2.75, 3.05) is 18.3 Å². The van der Waals surface area contributed by atoms with E-state index >= 15 is 0 Å². The molecule has 1 aromatic rings. The van der Waals surface area contributed by atoms with Crippen molar-refractivity contribution < 1.29 is 22.7 Å². The first-order chi connectivity index (χ1) is 10.0. The lowest BCUT2D eigenvalue weighted by molar-refractivity contribution is -0.116. The molecule has 0 aromatic heterocycles. The van der Waals surface area contributed by atoms with Crippen LogP contribution in [0.5, 0.6) is 11.5 Å². The molecule has 3 rings (SSSR count). The second-order valence-corrected chi connectivity index (χ2v) is 7.28. The van der Waals surface area contributed by atoms with E-state index < -0.39 is 9.84 Å². The van der Waals surface area contributed by atoms with Gasteiger partial charge in [0, 0.05) is 12.1 Å². The first-order valence-corrected chi connectivity index (χ1v) is 8.43. The summed E-state index contributed by atoms with van der Waals surface area (Å²) >= 11 is 0. The quantitative estimate of drug-likeness (QED) is 0.833. The Hall–Kier alpha value is -2.02. The van der Waals surface area contributed by atoms with Crippen LogP contribution in [-0.2, 0) is 14.6 Å². The van der Waals surface area contributed by atoms with Gasteiger partial charge in [-0.2, -0.15) is 0 Å². The van der Waals surface area contributed by atoms with Crippen LogP contribution in [-0.4, -0.2) is 38.7 Å². The average Bonchev–Trinajstić information content (AvgIpc) is 3.02. The van der Waals surface area contributed by atoms with E-state index in [2.05, 4.69) is 5.32 Å². The van der Waals surface area contributed by atoms with Gasteiger partial charge >= 0.3 is 0 Å². The average molecular weight is 309 g/mol. The van der Waals surface area contributed by atoms with Crippen molar-refractivity contribution in [1.82, 2.24) is 5.32 Å². The van der Waals surface area contributed by atoms with Gasteiger partial charge in [-0.15, -0.1) is 0 Å². The van der Waals surface area contributed by atoms with E-state index in [1.54, 1.807) is 18.2 Å². The van der Waals surface area contributed by atoms with Gasteiger partial charge in [-0.3, -0.25) is 4.79 Å². The van der Waals surface area contributed by atoms with Gasteiger partial charge < -0.3 is 14.8 Å². The van der Waals surface area contributed by atoms with Gasteiger partial charge in [0.15, 0.2) is 21.3 Å². The molecule has 1 atom stereocenters. The largest absolute Gasteiger partial charge is 0.454 e. The third-order valence-electron chi connectivity index (χ3n) is 3.40. The Morgan fingerprint density at radius 1 is 1.29 bits per heavy atom. The number of carbonyl (C=O) groups is 1. The Kier molecular flexibility index (Phi) is 3.59. The summed E-state index contributed by atoms with van der Waals surface area (Å²) in [5.41, 5.74) is 0.813. The van der Waals surface area contributed by atoms with Gasteiger partial charge in [-0.05, 0) is 30.2 Å². The Labute approximate surface area is 122 Å². The summed E-state index contributed by atoms with van der Waals surface area (Å²) in [6.07, 6.45) is 3.52. The lowest BCUT2D eigenvalue weighted by Crippen LogP contribution is -2.34. The Morgan fingerprint density at radius 3 is 2.86 bits per heavy atom. The van der Waals surface area contributed by atoms with Crippen LogP contribution in [0.4, 0.5) is 0 Å². The van der Waals surface area contributed by atoms with E-state index in [1.165, 1.54) is 6.08 Å². The molecule has 1 amide bonds. The summed E-state index contributed by atoms with van der Waals surface area (Å²) < 4.78 is 33.1. The van der Waals surface area contributed by atoms with Crippen LogP contribution in [0.1, 0.15) is 12.0 Å². The fourth-order valence-corrected chi connectivity index (χ4v) is 4.02.